The van der Waals surface area contributed by atoms with E-state index in [1.54, 1.807) is 0 Å². The lowest BCUT2D eigenvalue weighted by atomic mass is 9.85. The Morgan fingerprint density at radius 1 is 1.24 bits per heavy atom. The summed E-state index contributed by atoms with van der Waals surface area (Å²) in [5.41, 5.74) is -0.293. The Kier molecular flexibility index (Phi) is 4.69. The number of nitro groups is 1. The number of benzene rings is 1. The number of hydrogen-bond acceptors (Lipinski definition) is 6. The van der Waals surface area contributed by atoms with Gasteiger partial charge in [-0.2, -0.15) is 0 Å². The summed E-state index contributed by atoms with van der Waals surface area (Å²) < 4.78 is 5.02. The summed E-state index contributed by atoms with van der Waals surface area (Å²) in [5, 5.41) is 16.1. The van der Waals surface area contributed by atoms with Gasteiger partial charge >= 0.3 is 6.03 Å². The quantitative estimate of drug-likeness (QED) is 0.322. The van der Waals surface area contributed by atoms with E-state index in [-0.39, 0.29) is 60.0 Å². The summed E-state index contributed by atoms with van der Waals surface area (Å²) in [4.78, 5) is 49.1. The molecule has 3 aliphatic rings. The lowest BCUT2D eigenvalue weighted by Gasteiger charge is -2.17. The van der Waals surface area contributed by atoms with Gasteiger partial charge in [0.25, 0.3) is 5.69 Å². The number of methoxy groups -OCH3 is 1. The molecule has 2 fully saturated rings. The molecule has 4 amide bonds. The van der Waals surface area contributed by atoms with Crippen molar-refractivity contribution < 1.29 is 24.0 Å². The number of allylic oxidation sites excluding steroid dienone is 2. The van der Waals surface area contributed by atoms with E-state index in [9.17, 15) is 24.5 Å². The summed E-state index contributed by atoms with van der Waals surface area (Å²) in [6, 6.07) is 3.32. The van der Waals surface area contributed by atoms with Gasteiger partial charge in [-0.1, -0.05) is 12.2 Å². The number of carbonyl (C=O) groups is 3. The molecule has 1 saturated carbocycles. The van der Waals surface area contributed by atoms with Gasteiger partial charge in [-0.25, -0.2) is 4.79 Å². The summed E-state index contributed by atoms with van der Waals surface area (Å²) in [6.07, 6.45) is 4.90. The summed E-state index contributed by atoms with van der Waals surface area (Å²) in [6.45, 7) is 0.112. The fourth-order valence-corrected chi connectivity index (χ4v) is 4.53. The van der Waals surface area contributed by atoms with Gasteiger partial charge < -0.3 is 15.4 Å². The van der Waals surface area contributed by atoms with Crippen molar-refractivity contribution in [3.63, 3.8) is 0 Å². The topological polar surface area (TPSA) is 131 Å². The van der Waals surface area contributed by atoms with Crippen molar-refractivity contribution in [2.24, 2.45) is 23.7 Å². The molecule has 2 N–H and O–H groups in total. The van der Waals surface area contributed by atoms with Crippen LogP contribution in [-0.2, 0) is 9.59 Å². The number of urea groups is 1. The highest BCUT2D eigenvalue weighted by Crippen LogP contribution is 2.52. The second-order valence-corrected chi connectivity index (χ2v) is 7.35. The van der Waals surface area contributed by atoms with Crippen molar-refractivity contribution in [2.75, 3.05) is 25.5 Å². The fourth-order valence-electron chi connectivity index (χ4n) is 4.53. The number of fused-ring (bicyclic) bond motifs is 5. The van der Waals surface area contributed by atoms with Gasteiger partial charge in [0.1, 0.15) is 11.4 Å². The monoisotopic (exact) mass is 400 g/mol. The third-order valence-corrected chi connectivity index (χ3v) is 5.83. The Morgan fingerprint density at radius 2 is 1.90 bits per heavy atom. The summed E-state index contributed by atoms with van der Waals surface area (Å²) >= 11 is 0. The number of amides is 4. The number of hydrogen-bond donors (Lipinski definition) is 2. The Labute approximate surface area is 166 Å². The Morgan fingerprint density at radius 3 is 2.48 bits per heavy atom. The van der Waals surface area contributed by atoms with Gasteiger partial charge in [-0.3, -0.25) is 24.6 Å². The molecule has 4 atom stereocenters. The number of anilines is 1. The average Bonchev–Trinajstić information content (AvgIpc) is 3.37. The Hall–Kier alpha value is -3.43. The third-order valence-electron chi connectivity index (χ3n) is 5.83. The zero-order valence-electron chi connectivity index (χ0n) is 15.7. The first-order valence-corrected chi connectivity index (χ1v) is 9.31. The molecule has 1 heterocycles. The summed E-state index contributed by atoms with van der Waals surface area (Å²) in [7, 11) is 1.41. The highest BCUT2D eigenvalue weighted by atomic mass is 16.6. The Balaban J connectivity index is 1.34. The van der Waals surface area contributed by atoms with Gasteiger partial charge in [0, 0.05) is 25.2 Å². The van der Waals surface area contributed by atoms with E-state index in [0.717, 1.165) is 6.42 Å². The number of rotatable bonds is 6. The van der Waals surface area contributed by atoms with Crippen LogP contribution in [0.5, 0.6) is 5.75 Å². The largest absolute Gasteiger partial charge is 0.497 e. The lowest BCUT2D eigenvalue weighted by Crippen LogP contribution is -2.40. The molecule has 0 spiro atoms. The predicted octanol–water partition coefficient (Wildman–Crippen LogP) is 1.53. The van der Waals surface area contributed by atoms with Crippen LogP contribution in [0.3, 0.4) is 0 Å². The van der Waals surface area contributed by atoms with Crippen LogP contribution in [0, 0.1) is 33.8 Å². The first-order valence-electron chi connectivity index (χ1n) is 9.31. The smallest absolute Gasteiger partial charge is 0.319 e. The normalized spacial score (nSPS) is 26.6. The van der Waals surface area contributed by atoms with E-state index in [1.807, 2.05) is 12.2 Å². The van der Waals surface area contributed by atoms with E-state index in [4.69, 9.17) is 4.74 Å². The van der Waals surface area contributed by atoms with Gasteiger partial charge in [0.05, 0.1) is 23.9 Å². The second kappa shape index (κ2) is 7.19. The van der Waals surface area contributed by atoms with Crippen LogP contribution in [-0.4, -0.2) is 47.9 Å². The van der Waals surface area contributed by atoms with Crippen LogP contribution in [0.25, 0.3) is 0 Å². The molecule has 0 unspecified atom stereocenters. The van der Waals surface area contributed by atoms with Gasteiger partial charge in [-0.05, 0) is 24.3 Å². The first kappa shape index (κ1) is 18.9. The molecule has 1 aromatic carbocycles. The minimum atomic E-state index is -0.678. The zero-order chi connectivity index (χ0) is 20.7. The maximum absolute atomic E-state index is 12.6. The van der Waals surface area contributed by atoms with Crippen molar-refractivity contribution in [3.05, 3.63) is 40.5 Å². The lowest BCUT2D eigenvalue weighted by molar-refractivity contribution is -0.383. The molecule has 29 heavy (non-hydrogen) atoms. The van der Waals surface area contributed by atoms with Crippen molar-refractivity contribution >= 4 is 29.2 Å². The van der Waals surface area contributed by atoms with E-state index in [2.05, 4.69) is 10.6 Å². The average molecular weight is 400 g/mol. The maximum Gasteiger partial charge on any atom is 0.319 e. The number of nitro benzene ring substituents is 1. The zero-order valence-corrected chi connectivity index (χ0v) is 15.7. The molecular weight excluding hydrogens is 380 g/mol. The van der Waals surface area contributed by atoms with Crippen molar-refractivity contribution in [1.82, 2.24) is 10.2 Å². The molecule has 0 radical (unpaired) electrons. The van der Waals surface area contributed by atoms with E-state index >= 15 is 0 Å². The number of likely N-dealkylation sites (tertiary alicyclic amines) is 1. The first-order chi connectivity index (χ1) is 13.9. The van der Waals surface area contributed by atoms with Crippen LogP contribution in [0.1, 0.15) is 6.42 Å². The van der Waals surface area contributed by atoms with Crippen LogP contribution >= 0.6 is 0 Å². The molecular formula is C19H20N4O6. The number of imide groups is 1. The van der Waals surface area contributed by atoms with E-state index < -0.39 is 11.0 Å². The third kappa shape index (κ3) is 3.20. The molecule has 1 aliphatic heterocycles. The highest BCUT2D eigenvalue weighted by molar-refractivity contribution is 6.06. The maximum atomic E-state index is 12.6. The minimum Gasteiger partial charge on any atom is -0.497 e. The highest BCUT2D eigenvalue weighted by Gasteiger charge is 2.58. The minimum absolute atomic E-state index is 0.0163. The number of nitrogens with zero attached hydrogens (tertiary/aromatic N) is 2. The van der Waals surface area contributed by atoms with E-state index in [1.165, 1.54) is 30.2 Å². The predicted molar refractivity (Wildman–Crippen MR) is 101 cm³/mol. The molecule has 1 saturated heterocycles. The molecule has 10 heteroatoms. The van der Waals surface area contributed by atoms with Crippen LogP contribution in [0.4, 0.5) is 16.2 Å². The fraction of sp³-hybridized carbons (Fsp3) is 0.421. The number of nitrogens with one attached hydrogen (secondary N) is 2. The van der Waals surface area contributed by atoms with Crippen molar-refractivity contribution in [1.29, 1.82) is 0 Å². The molecule has 152 valence electrons. The molecule has 0 aromatic heterocycles. The van der Waals surface area contributed by atoms with Gasteiger partial charge in [-0.15, -0.1) is 0 Å². The van der Waals surface area contributed by atoms with Gasteiger partial charge in [0.15, 0.2) is 0 Å². The SMILES string of the molecule is COc1ccc([N+](=O)[O-])c(NC(=O)NCCN2C(=O)[C@@H]3[C@@H](C2=O)[C@H]2C=C[C@H]3C2)c1. The molecule has 2 bridgehead atoms. The number of carbonyl (C=O) groups excluding carboxylic acids is 3. The standard InChI is InChI=1S/C19H20N4O6/c1-29-12-4-5-14(23(27)28)13(9-12)21-19(26)20-6-7-22-17(24)15-10-2-3-11(8-10)16(15)18(22)25/h2-5,9-11,15-16H,6-8H2,1H3,(H2,20,21,26)/t10-,11-,15-,16-/m0/s1. The van der Waals surface area contributed by atoms with Crippen LogP contribution in [0.15, 0.2) is 30.4 Å². The molecule has 2 aliphatic carbocycles. The van der Waals surface area contributed by atoms with Crippen LogP contribution < -0.4 is 15.4 Å². The van der Waals surface area contributed by atoms with Crippen molar-refractivity contribution in [2.45, 2.75) is 6.42 Å². The number of ether oxygens (including phenoxy) is 1. The van der Waals surface area contributed by atoms with Crippen LogP contribution in [0.2, 0.25) is 0 Å². The second-order valence-electron chi connectivity index (χ2n) is 7.35. The molecule has 1 aromatic rings. The molecule has 4 rings (SSSR count). The Bertz CT molecular complexity index is 899. The van der Waals surface area contributed by atoms with E-state index in [0.29, 0.717) is 5.75 Å². The molecule has 10 nitrogen and oxygen atoms in total. The summed E-state index contributed by atoms with van der Waals surface area (Å²) in [5.74, 6) is -0.275. The van der Waals surface area contributed by atoms with Crippen molar-refractivity contribution in [3.8, 4) is 5.75 Å². The van der Waals surface area contributed by atoms with Gasteiger partial charge in [0.2, 0.25) is 11.8 Å².